The summed E-state index contributed by atoms with van der Waals surface area (Å²) >= 11 is 4.36. The number of rotatable bonds is 2. The molecular weight excluding hydrogens is 135 g/mol. The molecule has 3 nitrogen and oxygen atoms in total. The van der Waals surface area contributed by atoms with Gasteiger partial charge in [-0.25, -0.2) is 0 Å². The van der Waals surface area contributed by atoms with Crippen molar-refractivity contribution in [1.82, 2.24) is 0 Å². The molecule has 0 aliphatic rings. The Bertz CT molecular complexity index is 74.8. The van der Waals surface area contributed by atoms with Gasteiger partial charge in [0.25, 0.3) is 5.17 Å². The molecule has 0 aromatic rings. The molecule has 0 heterocycles. The van der Waals surface area contributed by atoms with E-state index in [0.29, 0.717) is 13.2 Å². The van der Waals surface area contributed by atoms with Gasteiger partial charge in [-0.2, -0.15) is 0 Å². The zero-order valence-electron chi connectivity index (χ0n) is 5.89. The average molecular weight is 144 g/mol. The van der Waals surface area contributed by atoms with E-state index in [9.17, 15) is 0 Å². The summed E-state index contributed by atoms with van der Waals surface area (Å²) in [6, 6.07) is 0. The third kappa shape index (κ3) is 9.82. The third-order valence-corrected chi connectivity index (χ3v) is 0.480. The summed E-state index contributed by atoms with van der Waals surface area (Å²) in [6.45, 7) is 0.868. The summed E-state index contributed by atoms with van der Waals surface area (Å²) in [4.78, 5) is 0. The van der Waals surface area contributed by atoms with Gasteiger partial charge in [-0.15, -0.1) is 0 Å². The molecule has 0 spiro atoms. The maximum atomic E-state index is 5.04. The number of hydrogen-bond acceptors (Lipinski definition) is 3. The van der Waals surface area contributed by atoms with Gasteiger partial charge in [0.2, 0.25) is 0 Å². The van der Waals surface area contributed by atoms with Crippen molar-refractivity contribution < 1.29 is 35.7 Å². The Labute approximate surface area is 77.5 Å². The molecule has 0 bridgehead atoms. The van der Waals surface area contributed by atoms with E-state index in [2.05, 4.69) is 17.0 Å². The SMILES string of the molecule is NCCOC(N)=S.[H-].[Na+]. The number of thiocarbonyl (C=S) groups is 1. The first-order valence-electron chi connectivity index (χ1n) is 1.89. The summed E-state index contributed by atoms with van der Waals surface area (Å²) in [7, 11) is 0. The van der Waals surface area contributed by atoms with Crippen molar-refractivity contribution in [3.05, 3.63) is 0 Å². The van der Waals surface area contributed by atoms with Crippen molar-refractivity contribution in [1.29, 1.82) is 0 Å². The van der Waals surface area contributed by atoms with Crippen molar-refractivity contribution in [3.63, 3.8) is 0 Å². The van der Waals surface area contributed by atoms with Crippen molar-refractivity contribution >= 4 is 17.4 Å². The van der Waals surface area contributed by atoms with Crippen molar-refractivity contribution in [2.45, 2.75) is 0 Å². The Morgan fingerprint density at radius 1 is 1.75 bits per heavy atom. The predicted octanol–water partition coefficient (Wildman–Crippen LogP) is -3.68. The van der Waals surface area contributed by atoms with Gasteiger partial charge in [-0.05, 0) is 12.2 Å². The van der Waals surface area contributed by atoms with Crippen molar-refractivity contribution in [3.8, 4) is 0 Å². The van der Waals surface area contributed by atoms with E-state index < -0.39 is 0 Å². The van der Waals surface area contributed by atoms with E-state index >= 15 is 0 Å². The zero-order valence-corrected chi connectivity index (χ0v) is 7.70. The maximum absolute atomic E-state index is 5.04. The molecule has 0 fully saturated rings. The van der Waals surface area contributed by atoms with Crippen molar-refractivity contribution in [2.24, 2.45) is 11.5 Å². The number of ether oxygens (including phenoxy) is 1. The first-order chi connectivity index (χ1) is 3.27. The van der Waals surface area contributed by atoms with E-state index in [0.717, 1.165) is 0 Å². The van der Waals surface area contributed by atoms with Crippen molar-refractivity contribution in [2.75, 3.05) is 13.2 Å². The van der Waals surface area contributed by atoms with Gasteiger partial charge in [0.15, 0.2) is 0 Å². The van der Waals surface area contributed by atoms with Gasteiger partial charge < -0.3 is 17.6 Å². The molecule has 0 unspecified atom stereocenters. The minimum Gasteiger partial charge on any atom is -1.00 e. The molecule has 0 amide bonds. The van der Waals surface area contributed by atoms with Gasteiger partial charge in [0.05, 0.1) is 0 Å². The van der Waals surface area contributed by atoms with Crippen LogP contribution in [0.3, 0.4) is 0 Å². The second-order valence-corrected chi connectivity index (χ2v) is 1.36. The average Bonchev–Trinajstić information content (AvgIpc) is 1.61. The van der Waals surface area contributed by atoms with Crippen LogP contribution in [-0.4, -0.2) is 18.3 Å². The molecule has 0 radical (unpaired) electrons. The Balaban J connectivity index is -0.000000180. The van der Waals surface area contributed by atoms with E-state index in [-0.39, 0.29) is 36.2 Å². The first-order valence-corrected chi connectivity index (χ1v) is 2.30. The topological polar surface area (TPSA) is 61.3 Å². The normalized spacial score (nSPS) is 7.12. The molecule has 0 saturated carbocycles. The largest absolute Gasteiger partial charge is 1.00 e. The summed E-state index contributed by atoms with van der Waals surface area (Å²) in [6.07, 6.45) is 0. The summed E-state index contributed by atoms with van der Waals surface area (Å²) in [5.41, 5.74) is 9.97. The second-order valence-electron chi connectivity index (χ2n) is 0.956. The molecule has 44 valence electrons. The van der Waals surface area contributed by atoms with Gasteiger partial charge >= 0.3 is 29.6 Å². The van der Waals surface area contributed by atoms with Gasteiger partial charge in [0.1, 0.15) is 6.61 Å². The van der Waals surface area contributed by atoms with Crippen LogP contribution in [0.15, 0.2) is 0 Å². The van der Waals surface area contributed by atoms with E-state index in [1.807, 2.05) is 0 Å². The number of nitrogens with two attached hydrogens (primary N) is 2. The number of hydrogen-bond donors (Lipinski definition) is 2. The van der Waals surface area contributed by atoms with E-state index in [1.165, 1.54) is 0 Å². The molecule has 0 rings (SSSR count). The van der Waals surface area contributed by atoms with Crippen LogP contribution in [0.4, 0.5) is 0 Å². The van der Waals surface area contributed by atoms with Gasteiger partial charge in [-0.1, -0.05) is 0 Å². The summed E-state index contributed by atoms with van der Waals surface area (Å²) in [5, 5.41) is 0.0606. The fourth-order valence-corrected chi connectivity index (χ4v) is 0.243. The molecule has 0 aliphatic carbocycles. The Morgan fingerprint density at radius 2 is 2.25 bits per heavy atom. The quantitative estimate of drug-likeness (QED) is 0.309. The predicted molar refractivity (Wildman–Crippen MR) is 32.9 cm³/mol. The molecule has 0 aliphatic heterocycles. The maximum Gasteiger partial charge on any atom is 1.00 e. The first kappa shape index (κ1) is 11.4. The second kappa shape index (κ2) is 7.65. The molecule has 8 heavy (non-hydrogen) atoms. The molecule has 0 atom stereocenters. The molecular formula is C3H9N2NaOS. The molecule has 0 aromatic carbocycles. The Morgan fingerprint density at radius 3 is 2.38 bits per heavy atom. The minimum absolute atomic E-state index is 0. The fraction of sp³-hybridized carbons (Fsp3) is 0.667. The van der Waals surface area contributed by atoms with E-state index in [4.69, 9.17) is 11.5 Å². The monoisotopic (exact) mass is 144 g/mol. The van der Waals surface area contributed by atoms with Crippen LogP contribution in [-0.2, 0) is 4.74 Å². The molecule has 0 saturated heterocycles. The van der Waals surface area contributed by atoms with Crippen LogP contribution in [0, 0.1) is 0 Å². The van der Waals surface area contributed by atoms with Crippen LogP contribution in [0.2, 0.25) is 0 Å². The third-order valence-electron chi connectivity index (χ3n) is 0.362. The van der Waals surface area contributed by atoms with E-state index in [1.54, 1.807) is 0 Å². The molecule has 0 aromatic heterocycles. The zero-order chi connectivity index (χ0) is 5.70. The Hall–Kier alpha value is 0.650. The Kier molecular flexibility index (Phi) is 10.9. The smallest absolute Gasteiger partial charge is 1.00 e. The van der Waals surface area contributed by atoms with Crippen LogP contribution in [0.25, 0.3) is 0 Å². The summed E-state index contributed by atoms with van der Waals surface area (Å²) in [5.74, 6) is 0. The van der Waals surface area contributed by atoms with Crippen LogP contribution in [0.5, 0.6) is 0 Å². The van der Waals surface area contributed by atoms with Crippen LogP contribution >= 0.6 is 12.2 Å². The minimum atomic E-state index is 0. The molecule has 4 N–H and O–H groups in total. The van der Waals surface area contributed by atoms with Gasteiger partial charge in [-0.3, -0.25) is 0 Å². The van der Waals surface area contributed by atoms with Crippen LogP contribution < -0.4 is 41.0 Å². The summed E-state index contributed by atoms with van der Waals surface area (Å²) < 4.78 is 4.58. The standard InChI is InChI=1S/C3H8N2OS.Na.H/c4-1-2-6-3(5)7;;/h1-2,4H2,(H2,5,7);;/q;+1;-1. The van der Waals surface area contributed by atoms with Crippen LogP contribution in [0.1, 0.15) is 1.43 Å². The van der Waals surface area contributed by atoms with Gasteiger partial charge in [0, 0.05) is 6.54 Å². The molecule has 5 heteroatoms. The fourth-order valence-electron chi connectivity index (χ4n) is 0.160.